The summed E-state index contributed by atoms with van der Waals surface area (Å²) >= 11 is 1.39. The van der Waals surface area contributed by atoms with Crippen molar-refractivity contribution in [2.45, 2.75) is 33.2 Å². The third-order valence-electron chi connectivity index (χ3n) is 3.55. The summed E-state index contributed by atoms with van der Waals surface area (Å²) in [6, 6.07) is 8.86. The Morgan fingerprint density at radius 3 is 2.52 bits per heavy atom. The van der Waals surface area contributed by atoms with Gasteiger partial charge in [-0.15, -0.1) is 11.3 Å². The number of carbonyl (C=O) groups is 2. The molecule has 0 saturated heterocycles. The lowest BCUT2D eigenvalue weighted by molar-refractivity contribution is -0.126. The molecule has 1 aromatic heterocycles. The molecule has 2 rings (SSSR count). The highest BCUT2D eigenvalue weighted by atomic mass is 32.1. The minimum absolute atomic E-state index is 0.0259. The smallest absolute Gasteiger partial charge is 0.248 e. The molecule has 0 saturated carbocycles. The Balaban J connectivity index is 2.01. The molecule has 2 aromatic rings. The van der Waals surface area contributed by atoms with Crippen LogP contribution in [0.4, 0.5) is 5.13 Å². The first-order valence-electron chi connectivity index (χ1n) is 7.90. The highest BCUT2D eigenvalue weighted by Crippen LogP contribution is 2.22. The van der Waals surface area contributed by atoms with Gasteiger partial charge in [0.1, 0.15) is 6.04 Å². The van der Waals surface area contributed by atoms with Gasteiger partial charge in [-0.2, -0.15) is 5.26 Å². The summed E-state index contributed by atoms with van der Waals surface area (Å²) in [5.74, 6) is -0.541. The van der Waals surface area contributed by atoms with E-state index in [0.29, 0.717) is 17.1 Å². The summed E-state index contributed by atoms with van der Waals surface area (Å²) in [7, 11) is 0. The number of carbonyl (C=O) groups excluding carboxylic acids is 2. The minimum Gasteiger partial charge on any atom is -0.344 e. The second kappa shape index (κ2) is 8.40. The predicted molar refractivity (Wildman–Crippen MR) is 97.1 cm³/mol. The number of anilines is 1. The van der Waals surface area contributed by atoms with E-state index in [0.717, 1.165) is 10.4 Å². The molecule has 2 amide bonds. The van der Waals surface area contributed by atoms with Crippen molar-refractivity contribution in [2.24, 2.45) is 5.92 Å². The second-order valence-electron chi connectivity index (χ2n) is 6.03. The van der Waals surface area contributed by atoms with Crippen LogP contribution in [0.2, 0.25) is 0 Å². The summed E-state index contributed by atoms with van der Waals surface area (Å²) < 4.78 is 0. The first-order chi connectivity index (χ1) is 11.9. The molecule has 1 atom stereocenters. The van der Waals surface area contributed by atoms with Crippen LogP contribution < -0.4 is 10.6 Å². The number of hydrogen-bond donors (Lipinski definition) is 2. The van der Waals surface area contributed by atoms with Crippen LogP contribution in [0.1, 0.15) is 36.8 Å². The van der Waals surface area contributed by atoms with Gasteiger partial charge in [0.25, 0.3) is 0 Å². The Hall–Kier alpha value is -2.72. The fourth-order valence-corrected chi connectivity index (χ4v) is 3.13. The zero-order chi connectivity index (χ0) is 18.4. The van der Waals surface area contributed by atoms with Gasteiger partial charge in [-0.1, -0.05) is 26.0 Å². The Morgan fingerprint density at radius 1 is 1.28 bits per heavy atom. The van der Waals surface area contributed by atoms with E-state index < -0.39 is 6.04 Å². The van der Waals surface area contributed by atoms with Crippen molar-refractivity contribution in [2.75, 3.05) is 5.32 Å². The van der Waals surface area contributed by atoms with Gasteiger partial charge >= 0.3 is 0 Å². The SMILES string of the molecule is CC(=O)NC(C(=O)Nc1ncc(Cc2ccc(C#N)cc2)s1)C(C)C. The van der Waals surface area contributed by atoms with Gasteiger partial charge < -0.3 is 10.6 Å². The second-order valence-corrected chi connectivity index (χ2v) is 7.14. The van der Waals surface area contributed by atoms with E-state index in [1.807, 2.05) is 26.0 Å². The van der Waals surface area contributed by atoms with Gasteiger partial charge in [0.05, 0.1) is 11.6 Å². The van der Waals surface area contributed by atoms with E-state index in [2.05, 4.69) is 21.7 Å². The molecular weight excluding hydrogens is 336 g/mol. The molecule has 7 heteroatoms. The maximum absolute atomic E-state index is 12.3. The number of hydrogen-bond acceptors (Lipinski definition) is 5. The van der Waals surface area contributed by atoms with Crippen molar-refractivity contribution in [3.63, 3.8) is 0 Å². The van der Waals surface area contributed by atoms with E-state index in [9.17, 15) is 9.59 Å². The standard InChI is InChI=1S/C18H20N4O2S/c1-11(2)16(21-12(3)23)17(24)22-18-20-10-15(25-18)8-13-4-6-14(9-19)7-5-13/h4-7,10-11,16H,8H2,1-3H3,(H,21,23)(H,20,22,24). The third kappa shape index (κ3) is 5.40. The molecule has 25 heavy (non-hydrogen) atoms. The Kier molecular flexibility index (Phi) is 6.25. The molecule has 0 aliphatic rings. The first kappa shape index (κ1) is 18.6. The number of nitrogens with zero attached hydrogens (tertiary/aromatic N) is 2. The van der Waals surface area contributed by atoms with Crippen LogP contribution in [0.15, 0.2) is 30.5 Å². The number of benzene rings is 1. The zero-order valence-electron chi connectivity index (χ0n) is 14.4. The van der Waals surface area contributed by atoms with Gasteiger partial charge in [-0.25, -0.2) is 4.98 Å². The lowest BCUT2D eigenvalue weighted by Gasteiger charge is -2.20. The topological polar surface area (TPSA) is 94.9 Å². The minimum atomic E-state index is -0.594. The molecular formula is C18H20N4O2S. The van der Waals surface area contributed by atoms with Crippen molar-refractivity contribution < 1.29 is 9.59 Å². The van der Waals surface area contributed by atoms with Crippen molar-refractivity contribution in [1.29, 1.82) is 5.26 Å². The van der Waals surface area contributed by atoms with Crippen molar-refractivity contribution in [1.82, 2.24) is 10.3 Å². The molecule has 1 aromatic carbocycles. The van der Waals surface area contributed by atoms with E-state index in [4.69, 9.17) is 5.26 Å². The van der Waals surface area contributed by atoms with Crippen LogP contribution in [-0.4, -0.2) is 22.8 Å². The number of amides is 2. The number of nitrogens with one attached hydrogen (secondary N) is 2. The van der Waals surface area contributed by atoms with Gasteiger partial charge in [0.15, 0.2) is 5.13 Å². The summed E-state index contributed by atoms with van der Waals surface area (Å²) in [4.78, 5) is 28.8. The van der Waals surface area contributed by atoms with Gasteiger partial charge in [-0.05, 0) is 23.6 Å². The molecule has 1 heterocycles. The molecule has 1 unspecified atom stereocenters. The predicted octanol–water partition coefficient (Wildman–Crippen LogP) is 2.70. The van der Waals surface area contributed by atoms with E-state index in [1.54, 1.807) is 18.3 Å². The molecule has 6 nitrogen and oxygen atoms in total. The third-order valence-corrected chi connectivity index (χ3v) is 4.47. The van der Waals surface area contributed by atoms with Gasteiger partial charge in [0, 0.05) is 24.4 Å². The molecule has 0 aliphatic carbocycles. The van der Waals surface area contributed by atoms with Crippen LogP contribution in [-0.2, 0) is 16.0 Å². The number of thiazole rings is 1. The summed E-state index contributed by atoms with van der Waals surface area (Å²) in [5.41, 5.74) is 1.69. The maximum atomic E-state index is 12.3. The van der Waals surface area contributed by atoms with Crippen molar-refractivity contribution >= 4 is 28.3 Å². The normalized spacial score (nSPS) is 11.6. The highest BCUT2D eigenvalue weighted by Gasteiger charge is 2.23. The Morgan fingerprint density at radius 2 is 1.96 bits per heavy atom. The zero-order valence-corrected chi connectivity index (χ0v) is 15.2. The molecule has 0 radical (unpaired) electrons. The van der Waals surface area contributed by atoms with Crippen molar-refractivity contribution in [3.05, 3.63) is 46.5 Å². The number of aromatic nitrogens is 1. The average Bonchev–Trinajstić information content (AvgIpc) is 2.99. The molecule has 0 aliphatic heterocycles. The Labute approximate surface area is 150 Å². The van der Waals surface area contributed by atoms with E-state index in [-0.39, 0.29) is 17.7 Å². The van der Waals surface area contributed by atoms with E-state index in [1.165, 1.54) is 18.3 Å². The van der Waals surface area contributed by atoms with Crippen LogP contribution in [0, 0.1) is 17.2 Å². The summed E-state index contributed by atoms with van der Waals surface area (Å²) in [6.07, 6.45) is 2.40. The highest BCUT2D eigenvalue weighted by molar-refractivity contribution is 7.15. The molecule has 0 spiro atoms. The number of nitriles is 1. The quantitative estimate of drug-likeness (QED) is 0.832. The first-order valence-corrected chi connectivity index (χ1v) is 8.72. The fraction of sp³-hybridized carbons (Fsp3) is 0.333. The fourth-order valence-electron chi connectivity index (χ4n) is 2.28. The molecule has 0 bridgehead atoms. The number of rotatable bonds is 6. The molecule has 130 valence electrons. The largest absolute Gasteiger partial charge is 0.344 e. The summed E-state index contributed by atoms with van der Waals surface area (Å²) in [5, 5.41) is 14.7. The van der Waals surface area contributed by atoms with E-state index >= 15 is 0 Å². The van der Waals surface area contributed by atoms with Gasteiger partial charge in [0.2, 0.25) is 11.8 Å². The average molecular weight is 356 g/mol. The summed E-state index contributed by atoms with van der Waals surface area (Å²) in [6.45, 7) is 5.14. The lowest BCUT2D eigenvalue weighted by atomic mass is 10.0. The Bertz CT molecular complexity index is 790. The van der Waals surface area contributed by atoms with Crippen LogP contribution >= 0.6 is 11.3 Å². The van der Waals surface area contributed by atoms with Crippen molar-refractivity contribution in [3.8, 4) is 6.07 Å². The van der Waals surface area contributed by atoms with Crippen LogP contribution in [0.25, 0.3) is 0 Å². The molecule has 0 fully saturated rings. The van der Waals surface area contributed by atoms with Crippen LogP contribution in [0.5, 0.6) is 0 Å². The van der Waals surface area contributed by atoms with Crippen LogP contribution in [0.3, 0.4) is 0 Å². The monoisotopic (exact) mass is 356 g/mol. The lowest BCUT2D eigenvalue weighted by Crippen LogP contribution is -2.46. The maximum Gasteiger partial charge on any atom is 0.248 e. The molecule has 2 N–H and O–H groups in total. The van der Waals surface area contributed by atoms with Gasteiger partial charge in [-0.3, -0.25) is 9.59 Å².